The minimum atomic E-state index is -0.277. The van der Waals surface area contributed by atoms with E-state index in [1.165, 1.54) is 10.9 Å². The van der Waals surface area contributed by atoms with E-state index in [0.29, 0.717) is 23.8 Å². The predicted octanol–water partition coefficient (Wildman–Crippen LogP) is 4.63. The highest BCUT2D eigenvalue weighted by Gasteiger charge is 2.11. The Hall–Kier alpha value is -4.26. The zero-order valence-corrected chi connectivity index (χ0v) is 18.6. The third-order valence-electron chi connectivity index (χ3n) is 5.24. The maximum absolute atomic E-state index is 12.9. The molecule has 0 saturated carbocycles. The van der Waals surface area contributed by atoms with Crippen LogP contribution in [-0.2, 0) is 6.42 Å². The summed E-state index contributed by atoms with van der Waals surface area (Å²) in [5.41, 5.74) is 3.54. The van der Waals surface area contributed by atoms with E-state index >= 15 is 0 Å². The van der Waals surface area contributed by atoms with Gasteiger partial charge in [0.25, 0.3) is 5.91 Å². The van der Waals surface area contributed by atoms with Crippen LogP contribution >= 0.6 is 0 Å². The molecule has 1 heterocycles. The molecule has 0 spiro atoms. The maximum atomic E-state index is 12.9. The van der Waals surface area contributed by atoms with E-state index in [1.54, 1.807) is 38.5 Å². The van der Waals surface area contributed by atoms with Gasteiger partial charge in [-0.3, -0.25) is 15.1 Å². The van der Waals surface area contributed by atoms with E-state index in [0.717, 1.165) is 23.4 Å². The summed E-state index contributed by atoms with van der Waals surface area (Å²) >= 11 is 0. The molecule has 0 aliphatic heterocycles. The fourth-order valence-corrected chi connectivity index (χ4v) is 3.49. The number of H-pyrrole nitrogens is 1. The number of amides is 1. The second-order valence-corrected chi connectivity index (χ2v) is 7.38. The molecule has 7 nitrogen and oxygen atoms in total. The van der Waals surface area contributed by atoms with Gasteiger partial charge in [0, 0.05) is 34.9 Å². The number of hydrogen-bond donors (Lipinski definition) is 3. The highest BCUT2D eigenvalue weighted by Crippen LogP contribution is 2.18. The average Bonchev–Trinajstić information content (AvgIpc) is 3.27. The van der Waals surface area contributed by atoms with E-state index in [2.05, 4.69) is 26.7 Å². The molecule has 0 saturated heterocycles. The summed E-state index contributed by atoms with van der Waals surface area (Å²) in [5.74, 6) is 1.45. The number of fused-ring (bicyclic) bond motifs is 1. The molecule has 3 aromatic carbocycles. The van der Waals surface area contributed by atoms with Crippen LogP contribution in [0.15, 0.2) is 84.0 Å². The Bertz CT molecular complexity index is 1260. The van der Waals surface area contributed by atoms with Crippen molar-refractivity contribution in [2.24, 2.45) is 4.99 Å². The van der Waals surface area contributed by atoms with Crippen molar-refractivity contribution in [3.8, 4) is 11.5 Å². The van der Waals surface area contributed by atoms with Crippen molar-refractivity contribution in [2.75, 3.05) is 26.1 Å². The molecule has 3 N–H and O–H groups in total. The quantitative estimate of drug-likeness (QED) is 0.288. The molecule has 33 heavy (non-hydrogen) atoms. The standard InChI is InChI=1S/C26H26N4O3/c1-32-21-12-10-20(11-13-21)29-26(30-25(31)18-6-5-7-22(16-18)33-2)27-15-14-19-17-28-24-9-4-3-8-23(19)24/h3-13,16-17,28H,14-15H2,1-2H3,(H2,27,29,30,31). The van der Waals surface area contributed by atoms with E-state index in [-0.39, 0.29) is 5.91 Å². The molecule has 0 fully saturated rings. The van der Waals surface area contributed by atoms with E-state index in [1.807, 2.05) is 48.7 Å². The minimum Gasteiger partial charge on any atom is -0.497 e. The largest absolute Gasteiger partial charge is 0.497 e. The summed E-state index contributed by atoms with van der Waals surface area (Å²) < 4.78 is 10.4. The van der Waals surface area contributed by atoms with Crippen LogP contribution in [0, 0.1) is 0 Å². The van der Waals surface area contributed by atoms with Gasteiger partial charge in [-0.05, 0) is 60.5 Å². The van der Waals surface area contributed by atoms with Crippen molar-refractivity contribution in [1.29, 1.82) is 0 Å². The van der Waals surface area contributed by atoms with Crippen LogP contribution in [0.2, 0.25) is 0 Å². The lowest BCUT2D eigenvalue weighted by Gasteiger charge is -2.13. The Morgan fingerprint density at radius 3 is 2.52 bits per heavy atom. The van der Waals surface area contributed by atoms with Gasteiger partial charge in [0.1, 0.15) is 11.5 Å². The third-order valence-corrected chi connectivity index (χ3v) is 5.24. The van der Waals surface area contributed by atoms with Crippen LogP contribution in [0.5, 0.6) is 11.5 Å². The molecule has 7 heteroatoms. The number of methoxy groups -OCH3 is 2. The fraction of sp³-hybridized carbons (Fsp3) is 0.154. The number of anilines is 1. The van der Waals surface area contributed by atoms with Crippen LogP contribution in [0.4, 0.5) is 5.69 Å². The van der Waals surface area contributed by atoms with Gasteiger partial charge >= 0.3 is 0 Å². The number of benzene rings is 3. The molecule has 4 rings (SSSR count). The van der Waals surface area contributed by atoms with Gasteiger partial charge < -0.3 is 19.8 Å². The van der Waals surface area contributed by atoms with E-state index in [9.17, 15) is 4.79 Å². The van der Waals surface area contributed by atoms with Crippen molar-refractivity contribution < 1.29 is 14.3 Å². The Kier molecular flexibility index (Phi) is 6.90. The highest BCUT2D eigenvalue weighted by molar-refractivity contribution is 6.10. The molecule has 1 amide bonds. The summed E-state index contributed by atoms with van der Waals surface area (Å²) in [6, 6.07) is 22.6. The van der Waals surface area contributed by atoms with Crippen LogP contribution < -0.4 is 20.1 Å². The molecule has 0 unspecified atom stereocenters. The zero-order chi connectivity index (χ0) is 23.0. The Morgan fingerprint density at radius 1 is 0.939 bits per heavy atom. The zero-order valence-electron chi connectivity index (χ0n) is 18.6. The summed E-state index contributed by atoms with van der Waals surface area (Å²) in [4.78, 5) is 20.8. The molecule has 1 aromatic heterocycles. The molecule has 4 aromatic rings. The number of carbonyl (C=O) groups excluding carboxylic acids is 1. The van der Waals surface area contributed by atoms with E-state index in [4.69, 9.17) is 9.47 Å². The number of nitrogens with one attached hydrogen (secondary N) is 3. The smallest absolute Gasteiger partial charge is 0.258 e. The minimum absolute atomic E-state index is 0.277. The Labute approximate surface area is 192 Å². The molecular formula is C26H26N4O3. The van der Waals surface area contributed by atoms with Crippen LogP contribution in [0.25, 0.3) is 10.9 Å². The lowest BCUT2D eigenvalue weighted by atomic mass is 10.1. The summed E-state index contributed by atoms with van der Waals surface area (Å²) in [6.07, 6.45) is 2.73. The number of aromatic nitrogens is 1. The maximum Gasteiger partial charge on any atom is 0.258 e. The average molecular weight is 443 g/mol. The highest BCUT2D eigenvalue weighted by atomic mass is 16.5. The first kappa shape index (κ1) is 22.0. The monoisotopic (exact) mass is 442 g/mol. The first-order chi connectivity index (χ1) is 16.2. The summed E-state index contributed by atoms with van der Waals surface area (Å²) in [5, 5.41) is 7.26. The van der Waals surface area contributed by atoms with Crippen molar-refractivity contribution in [2.45, 2.75) is 6.42 Å². The lowest BCUT2D eigenvalue weighted by Crippen LogP contribution is -2.36. The number of para-hydroxylation sites is 1. The molecule has 0 aliphatic carbocycles. The van der Waals surface area contributed by atoms with Gasteiger partial charge in [-0.1, -0.05) is 24.3 Å². The van der Waals surface area contributed by atoms with Gasteiger partial charge in [0.2, 0.25) is 5.96 Å². The van der Waals surface area contributed by atoms with Crippen molar-refractivity contribution in [1.82, 2.24) is 10.3 Å². The van der Waals surface area contributed by atoms with Crippen LogP contribution in [0.3, 0.4) is 0 Å². The molecular weight excluding hydrogens is 416 g/mol. The molecule has 168 valence electrons. The summed E-state index contributed by atoms with van der Waals surface area (Å²) in [7, 11) is 3.19. The number of aromatic amines is 1. The van der Waals surface area contributed by atoms with E-state index < -0.39 is 0 Å². The number of hydrogen-bond acceptors (Lipinski definition) is 4. The van der Waals surface area contributed by atoms with Gasteiger partial charge in [0.15, 0.2) is 0 Å². The number of carbonyl (C=O) groups is 1. The molecule has 0 bridgehead atoms. The van der Waals surface area contributed by atoms with Crippen molar-refractivity contribution in [3.63, 3.8) is 0 Å². The van der Waals surface area contributed by atoms with Crippen LogP contribution in [-0.4, -0.2) is 37.6 Å². The third kappa shape index (κ3) is 5.51. The lowest BCUT2D eigenvalue weighted by molar-refractivity contribution is 0.0976. The second kappa shape index (κ2) is 10.4. The topological polar surface area (TPSA) is 87.7 Å². The SMILES string of the molecule is COc1ccc(NC(=NCCc2c[nH]c3ccccc23)NC(=O)c2cccc(OC)c2)cc1. The number of aliphatic imine (C=N–C) groups is 1. The first-order valence-electron chi connectivity index (χ1n) is 10.6. The number of nitrogens with zero attached hydrogens (tertiary/aromatic N) is 1. The Morgan fingerprint density at radius 2 is 1.73 bits per heavy atom. The van der Waals surface area contributed by atoms with Gasteiger partial charge in [-0.2, -0.15) is 0 Å². The normalized spacial score (nSPS) is 11.3. The van der Waals surface area contributed by atoms with Crippen LogP contribution in [0.1, 0.15) is 15.9 Å². The molecule has 0 atom stereocenters. The number of rotatable bonds is 7. The molecule has 0 aliphatic rings. The number of ether oxygens (including phenoxy) is 2. The summed E-state index contributed by atoms with van der Waals surface area (Å²) in [6.45, 7) is 0.499. The predicted molar refractivity (Wildman–Crippen MR) is 131 cm³/mol. The van der Waals surface area contributed by atoms with Crippen molar-refractivity contribution in [3.05, 3.63) is 90.1 Å². The Balaban J connectivity index is 1.52. The number of guanidine groups is 1. The van der Waals surface area contributed by atoms with Gasteiger partial charge in [0.05, 0.1) is 14.2 Å². The van der Waals surface area contributed by atoms with Gasteiger partial charge in [-0.25, -0.2) is 0 Å². The van der Waals surface area contributed by atoms with Gasteiger partial charge in [-0.15, -0.1) is 0 Å². The molecule has 0 radical (unpaired) electrons. The fourth-order valence-electron chi connectivity index (χ4n) is 3.49. The van der Waals surface area contributed by atoms with Crippen molar-refractivity contribution >= 4 is 28.5 Å². The first-order valence-corrected chi connectivity index (χ1v) is 10.6. The second-order valence-electron chi connectivity index (χ2n) is 7.38.